The Balaban J connectivity index is 2.21. The fraction of sp³-hybridized carbons (Fsp3) is 1.00. The maximum atomic E-state index is 5.04. The van der Waals surface area contributed by atoms with Crippen LogP contribution in [0.5, 0.6) is 0 Å². The quantitative estimate of drug-likeness (QED) is 0.637. The summed E-state index contributed by atoms with van der Waals surface area (Å²) >= 11 is 0. The summed E-state index contributed by atoms with van der Waals surface area (Å²) < 4.78 is 0. The first-order valence-corrected chi connectivity index (χ1v) is 4.66. The average Bonchev–Trinajstić information content (AvgIpc) is 2.07. The second-order valence-electron chi connectivity index (χ2n) is 3.71. The van der Waals surface area contributed by atoms with Crippen molar-refractivity contribution < 1.29 is 4.84 Å². The third-order valence-electron chi connectivity index (χ3n) is 2.81. The summed E-state index contributed by atoms with van der Waals surface area (Å²) in [6, 6.07) is 0. The van der Waals surface area contributed by atoms with Crippen molar-refractivity contribution in [3.8, 4) is 0 Å². The van der Waals surface area contributed by atoms with E-state index >= 15 is 0 Å². The van der Waals surface area contributed by atoms with Crippen LogP contribution in [0.1, 0.15) is 39.0 Å². The van der Waals surface area contributed by atoms with Crippen LogP contribution < -0.4 is 5.90 Å². The molecule has 2 heteroatoms. The van der Waals surface area contributed by atoms with Gasteiger partial charge in [0.15, 0.2) is 0 Å². The molecule has 1 atom stereocenters. The van der Waals surface area contributed by atoms with Crippen molar-refractivity contribution in [3.63, 3.8) is 0 Å². The topological polar surface area (TPSA) is 35.2 Å². The molecule has 2 nitrogen and oxygen atoms in total. The molecule has 0 heterocycles. The highest BCUT2D eigenvalue weighted by Crippen LogP contribution is 2.29. The Morgan fingerprint density at radius 1 is 1.36 bits per heavy atom. The molecule has 1 saturated carbocycles. The minimum atomic E-state index is 0.653. The third kappa shape index (κ3) is 2.80. The largest absolute Gasteiger partial charge is 0.304 e. The van der Waals surface area contributed by atoms with Crippen molar-refractivity contribution in [2.75, 3.05) is 6.61 Å². The zero-order valence-electron chi connectivity index (χ0n) is 7.38. The summed E-state index contributed by atoms with van der Waals surface area (Å²) in [6.45, 7) is 2.97. The molecule has 0 aromatic rings. The van der Waals surface area contributed by atoms with Crippen LogP contribution in [0.25, 0.3) is 0 Å². The molecule has 2 N–H and O–H groups in total. The van der Waals surface area contributed by atoms with Crippen molar-refractivity contribution in [1.82, 2.24) is 0 Å². The minimum absolute atomic E-state index is 0.653. The van der Waals surface area contributed by atoms with Gasteiger partial charge in [0.2, 0.25) is 0 Å². The highest BCUT2D eigenvalue weighted by atomic mass is 16.6. The molecule has 0 aromatic carbocycles. The van der Waals surface area contributed by atoms with Crippen LogP contribution in [0.2, 0.25) is 0 Å². The lowest BCUT2D eigenvalue weighted by Crippen LogP contribution is -2.21. The van der Waals surface area contributed by atoms with E-state index in [9.17, 15) is 0 Å². The zero-order chi connectivity index (χ0) is 8.10. The standard InChI is InChI=1S/C9H19NO/c1-8(7-11-10)9-5-3-2-4-6-9/h8-9H,2-7,10H2,1H3. The summed E-state index contributed by atoms with van der Waals surface area (Å²) in [7, 11) is 0. The van der Waals surface area contributed by atoms with Gasteiger partial charge in [-0.2, -0.15) is 0 Å². The minimum Gasteiger partial charge on any atom is -0.304 e. The molecule has 66 valence electrons. The fourth-order valence-electron chi connectivity index (χ4n) is 1.99. The van der Waals surface area contributed by atoms with Crippen LogP contribution in [0, 0.1) is 11.8 Å². The lowest BCUT2D eigenvalue weighted by atomic mass is 9.81. The van der Waals surface area contributed by atoms with Gasteiger partial charge >= 0.3 is 0 Å². The Bertz CT molecular complexity index is 99.7. The smallest absolute Gasteiger partial charge is 0.0707 e. The summed E-state index contributed by atoms with van der Waals surface area (Å²) in [6.07, 6.45) is 6.99. The third-order valence-corrected chi connectivity index (χ3v) is 2.81. The molecule has 0 spiro atoms. The molecular weight excluding hydrogens is 138 g/mol. The number of rotatable bonds is 3. The van der Waals surface area contributed by atoms with Gasteiger partial charge in [-0.1, -0.05) is 39.0 Å². The molecule has 0 bridgehead atoms. The van der Waals surface area contributed by atoms with Crippen LogP contribution >= 0.6 is 0 Å². The molecule has 0 aliphatic heterocycles. The van der Waals surface area contributed by atoms with Crippen LogP contribution in [-0.4, -0.2) is 6.61 Å². The van der Waals surface area contributed by atoms with E-state index in [2.05, 4.69) is 11.8 Å². The Kier molecular flexibility index (Phi) is 3.87. The molecule has 1 unspecified atom stereocenters. The Morgan fingerprint density at radius 3 is 2.55 bits per heavy atom. The summed E-state index contributed by atoms with van der Waals surface area (Å²) in [5, 5.41) is 0. The van der Waals surface area contributed by atoms with Crippen molar-refractivity contribution >= 4 is 0 Å². The van der Waals surface area contributed by atoms with Gasteiger partial charge in [-0.3, -0.25) is 0 Å². The predicted molar refractivity (Wildman–Crippen MR) is 45.9 cm³/mol. The molecule has 1 fully saturated rings. The number of hydrogen-bond acceptors (Lipinski definition) is 2. The molecule has 1 rings (SSSR count). The van der Waals surface area contributed by atoms with Gasteiger partial charge < -0.3 is 4.84 Å². The molecule has 11 heavy (non-hydrogen) atoms. The van der Waals surface area contributed by atoms with E-state index in [1.54, 1.807) is 0 Å². The van der Waals surface area contributed by atoms with Gasteiger partial charge in [-0.25, -0.2) is 5.90 Å². The molecule has 1 aliphatic rings. The summed E-state index contributed by atoms with van der Waals surface area (Å²) in [5.41, 5.74) is 0. The Hall–Kier alpha value is -0.0800. The van der Waals surface area contributed by atoms with Crippen LogP contribution in [0.15, 0.2) is 0 Å². The molecule has 0 amide bonds. The maximum Gasteiger partial charge on any atom is 0.0707 e. The van der Waals surface area contributed by atoms with E-state index in [1.165, 1.54) is 32.1 Å². The maximum absolute atomic E-state index is 5.04. The first kappa shape index (κ1) is 9.01. The highest BCUT2D eigenvalue weighted by Gasteiger charge is 2.19. The number of nitrogens with two attached hydrogens (primary N) is 1. The van der Waals surface area contributed by atoms with E-state index in [0.717, 1.165) is 12.5 Å². The van der Waals surface area contributed by atoms with Crippen molar-refractivity contribution in [2.45, 2.75) is 39.0 Å². The van der Waals surface area contributed by atoms with Crippen molar-refractivity contribution in [3.05, 3.63) is 0 Å². The zero-order valence-corrected chi connectivity index (χ0v) is 7.38. The van der Waals surface area contributed by atoms with Gasteiger partial charge in [0.1, 0.15) is 0 Å². The fourth-order valence-corrected chi connectivity index (χ4v) is 1.99. The van der Waals surface area contributed by atoms with Crippen LogP contribution in [-0.2, 0) is 4.84 Å². The first-order chi connectivity index (χ1) is 5.34. The SMILES string of the molecule is CC(CON)C1CCCCC1. The lowest BCUT2D eigenvalue weighted by molar-refractivity contribution is 0.0752. The second-order valence-corrected chi connectivity index (χ2v) is 3.71. The van der Waals surface area contributed by atoms with Gasteiger partial charge in [0.05, 0.1) is 6.61 Å². The van der Waals surface area contributed by atoms with Gasteiger partial charge in [0, 0.05) is 0 Å². The predicted octanol–water partition coefficient (Wildman–Crippen LogP) is 2.09. The monoisotopic (exact) mass is 157 g/mol. The summed E-state index contributed by atoms with van der Waals surface area (Å²) in [4.78, 5) is 4.66. The molecular formula is C9H19NO. The Morgan fingerprint density at radius 2 is 2.00 bits per heavy atom. The lowest BCUT2D eigenvalue weighted by Gasteiger charge is -2.26. The van der Waals surface area contributed by atoms with E-state index in [-0.39, 0.29) is 0 Å². The van der Waals surface area contributed by atoms with Gasteiger partial charge in [-0.15, -0.1) is 0 Å². The van der Waals surface area contributed by atoms with Gasteiger partial charge in [0.25, 0.3) is 0 Å². The van der Waals surface area contributed by atoms with E-state index in [1.807, 2.05) is 0 Å². The van der Waals surface area contributed by atoms with Crippen molar-refractivity contribution in [2.24, 2.45) is 17.7 Å². The van der Waals surface area contributed by atoms with E-state index in [0.29, 0.717) is 5.92 Å². The first-order valence-electron chi connectivity index (χ1n) is 4.66. The summed E-state index contributed by atoms with van der Waals surface area (Å²) in [5.74, 6) is 6.56. The molecule has 0 saturated heterocycles. The molecule has 0 aromatic heterocycles. The van der Waals surface area contributed by atoms with E-state index in [4.69, 9.17) is 5.90 Å². The van der Waals surface area contributed by atoms with E-state index < -0.39 is 0 Å². The van der Waals surface area contributed by atoms with Crippen LogP contribution in [0.3, 0.4) is 0 Å². The molecule has 1 aliphatic carbocycles. The average molecular weight is 157 g/mol. The highest BCUT2D eigenvalue weighted by molar-refractivity contribution is 4.70. The number of hydrogen-bond donors (Lipinski definition) is 1. The second kappa shape index (κ2) is 4.73. The van der Waals surface area contributed by atoms with Crippen molar-refractivity contribution in [1.29, 1.82) is 0 Å². The van der Waals surface area contributed by atoms with Crippen LogP contribution in [0.4, 0.5) is 0 Å². The van der Waals surface area contributed by atoms with Gasteiger partial charge in [-0.05, 0) is 11.8 Å². The Labute approximate surface area is 69.1 Å². The normalized spacial score (nSPS) is 23.5. The molecule has 0 radical (unpaired) electrons.